The van der Waals surface area contributed by atoms with E-state index in [-0.39, 0.29) is 16.8 Å². The first-order valence-electron chi connectivity index (χ1n) is 4.48. The average Bonchev–Trinajstić information content (AvgIpc) is 2.79. The number of nitrogens with zero attached hydrogens (tertiary/aromatic N) is 3. The zero-order valence-corrected chi connectivity index (χ0v) is 10.1. The molecule has 2 aromatic rings. The predicted molar refractivity (Wildman–Crippen MR) is 60.9 cm³/mol. The molecule has 0 spiro atoms. The Morgan fingerprint density at radius 1 is 1.35 bits per heavy atom. The smallest absolute Gasteiger partial charge is 0.273 e. The van der Waals surface area contributed by atoms with Crippen molar-refractivity contribution in [3.63, 3.8) is 0 Å². The molecule has 17 heavy (non-hydrogen) atoms. The number of sulfonamides is 1. The molecule has 0 amide bonds. The molecule has 0 aliphatic carbocycles. The van der Waals surface area contributed by atoms with E-state index in [0.717, 1.165) is 11.3 Å². The van der Waals surface area contributed by atoms with Gasteiger partial charge < -0.3 is 5.11 Å². The average molecular weight is 272 g/mol. The van der Waals surface area contributed by atoms with Gasteiger partial charge in [0.25, 0.3) is 16.0 Å². The molecule has 0 aromatic carbocycles. The van der Waals surface area contributed by atoms with E-state index < -0.39 is 10.0 Å². The number of hydrogen-bond donors (Lipinski definition) is 2. The molecule has 0 unspecified atom stereocenters. The van der Waals surface area contributed by atoms with Gasteiger partial charge in [-0.25, -0.2) is 18.1 Å². The third kappa shape index (κ3) is 2.75. The second kappa shape index (κ2) is 4.73. The lowest BCUT2D eigenvalue weighted by Crippen LogP contribution is -2.13. The van der Waals surface area contributed by atoms with Gasteiger partial charge in [-0.1, -0.05) is 0 Å². The van der Waals surface area contributed by atoms with Crippen molar-refractivity contribution in [1.82, 2.24) is 15.2 Å². The molecule has 0 saturated carbocycles. The van der Waals surface area contributed by atoms with E-state index in [4.69, 9.17) is 5.11 Å². The van der Waals surface area contributed by atoms with Crippen molar-refractivity contribution < 1.29 is 13.5 Å². The summed E-state index contributed by atoms with van der Waals surface area (Å²) in [4.78, 5) is 4.27. The van der Waals surface area contributed by atoms with E-state index >= 15 is 0 Å². The molecule has 2 heterocycles. The van der Waals surface area contributed by atoms with Crippen LogP contribution >= 0.6 is 11.3 Å². The lowest BCUT2D eigenvalue weighted by molar-refractivity contribution is 0.285. The van der Waals surface area contributed by atoms with Gasteiger partial charge in [-0.15, -0.1) is 16.4 Å². The van der Waals surface area contributed by atoms with Crippen molar-refractivity contribution >= 4 is 27.3 Å². The van der Waals surface area contributed by atoms with Crippen LogP contribution < -0.4 is 4.72 Å². The number of rotatable bonds is 4. The topological polar surface area (TPSA) is 105 Å². The molecule has 0 saturated heterocycles. The van der Waals surface area contributed by atoms with Crippen molar-refractivity contribution in [1.29, 1.82) is 0 Å². The highest BCUT2D eigenvalue weighted by molar-refractivity contribution is 7.94. The van der Waals surface area contributed by atoms with Crippen molar-refractivity contribution in [3.8, 4) is 0 Å². The Kier molecular flexibility index (Phi) is 3.31. The molecule has 0 atom stereocenters. The van der Waals surface area contributed by atoms with Gasteiger partial charge in [0.1, 0.15) is 4.21 Å². The van der Waals surface area contributed by atoms with Gasteiger partial charge in [-0.3, -0.25) is 0 Å². The fourth-order valence-electron chi connectivity index (χ4n) is 1.05. The molecule has 90 valence electrons. The highest BCUT2D eigenvalue weighted by Gasteiger charge is 2.18. The molecular weight excluding hydrogens is 264 g/mol. The van der Waals surface area contributed by atoms with Crippen LogP contribution in [0.1, 0.15) is 4.88 Å². The van der Waals surface area contributed by atoms with Crippen LogP contribution in [0.15, 0.2) is 28.7 Å². The Bertz CT molecular complexity index is 596. The summed E-state index contributed by atoms with van der Waals surface area (Å²) in [6.07, 6.45) is 2.67. The van der Waals surface area contributed by atoms with Crippen molar-refractivity contribution in [3.05, 3.63) is 29.4 Å². The Hall–Kier alpha value is -1.58. The summed E-state index contributed by atoms with van der Waals surface area (Å²) in [6.45, 7) is -0.191. The summed E-state index contributed by atoms with van der Waals surface area (Å²) in [5.74, 6) is -0.0913. The van der Waals surface area contributed by atoms with Crippen LogP contribution in [0.2, 0.25) is 0 Å². The van der Waals surface area contributed by atoms with E-state index in [1.54, 1.807) is 6.07 Å². The Balaban J connectivity index is 2.25. The number of aliphatic hydroxyl groups excluding tert-OH is 1. The fourth-order valence-corrected chi connectivity index (χ4v) is 3.21. The molecule has 2 N–H and O–H groups in total. The largest absolute Gasteiger partial charge is 0.391 e. The van der Waals surface area contributed by atoms with Gasteiger partial charge in [0, 0.05) is 4.88 Å². The number of aromatic nitrogens is 3. The van der Waals surface area contributed by atoms with Crippen LogP contribution in [0, 0.1) is 0 Å². The maximum Gasteiger partial charge on any atom is 0.273 e. The van der Waals surface area contributed by atoms with Crippen LogP contribution in [0.3, 0.4) is 0 Å². The van der Waals surface area contributed by atoms with E-state index in [1.807, 2.05) is 0 Å². The van der Waals surface area contributed by atoms with Crippen LogP contribution in [0.25, 0.3) is 0 Å². The first-order valence-corrected chi connectivity index (χ1v) is 6.78. The lowest BCUT2D eigenvalue weighted by Gasteiger charge is -2.02. The molecule has 2 rings (SSSR count). The van der Waals surface area contributed by atoms with Crippen LogP contribution in [0.5, 0.6) is 0 Å². The molecule has 0 radical (unpaired) electrons. The van der Waals surface area contributed by atoms with Crippen molar-refractivity contribution in [2.45, 2.75) is 10.8 Å². The first kappa shape index (κ1) is 11.9. The van der Waals surface area contributed by atoms with Crippen molar-refractivity contribution in [2.75, 3.05) is 4.72 Å². The molecule has 0 aliphatic heterocycles. The summed E-state index contributed by atoms with van der Waals surface area (Å²) in [6, 6.07) is 2.96. The third-order valence-corrected chi connectivity index (χ3v) is 4.66. The molecule has 9 heteroatoms. The van der Waals surface area contributed by atoms with Crippen molar-refractivity contribution in [2.24, 2.45) is 0 Å². The summed E-state index contributed by atoms with van der Waals surface area (Å²) in [5, 5.41) is 15.9. The first-order chi connectivity index (χ1) is 8.12. The molecule has 2 aromatic heterocycles. The zero-order chi connectivity index (χ0) is 12.3. The van der Waals surface area contributed by atoms with Gasteiger partial charge in [0.05, 0.1) is 19.0 Å². The molecular formula is C8H8N4O3S2. The highest BCUT2D eigenvalue weighted by Crippen LogP contribution is 2.22. The van der Waals surface area contributed by atoms with Gasteiger partial charge in [0.2, 0.25) is 0 Å². The number of nitrogens with one attached hydrogen (secondary N) is 1. The second-order valence-corrected chi connectivity index (χ2v) is 6.03. The normalized spacial score (nSPS) is 11.4. The summed E-state index contributed by atoms with van der Waals surface area (Å²) in [7, 11) is -3.71. The summed E-state index contributed by atoms with van der Waals surface area (Å²) in [5.41, 5.74) is 0. The monoisotopic (exact) mass is 272 g/mol. The minimum atomic E-state index is -3.71. The standard InChI is InChI=1S/C8H8N4O3S2/c13-5-6-1-2-7(16-6)17(14,15)12-8-9-3-4-10-11-8/h1-4,13H,5H2,(H,9,11,12). The van der Waals surface area contributed by atoms with E-state index in [2.05, 4.69) is 19.9 Å². The lowest BCUT2D eigenvalue weighted by atomic mass is 10.5. The minimum absolute atomic E-state index is 0.0913. The predicted octanol–water partition coefficient (Wildman–Crippen LogP) is 0.226. The van der Waals surface area contributed by atoms with E-state index in [0.29, 0.717) is 4.88 Å². The summed E-state index contributed by atoms with van der Waals surface area (Å²) < 4.78 is 26.0. The number of anilines is 1. The number of hydrogen-bond acceptors (Lipinski definition) is 7. The maximum atomic E-state index is 11.8. The highest BCUT2D eigenvalue weighted by atomic mass is 32.2. The molecule has 0 bridgehead atoms. The number of aliphatic hydroxyl groups is 1. The van der Waals surface area contributed by atoms with Crippen LogP contribution in [0.4, 0.5) is 5.95 Å². The Morgan fingerprint density at radius 2 is 2.18 bits per heavy atom. The summed E-state index contributed by atoms with van der Waals surface area (Å²) >= 11 is 0.983. The maximum absolute atomic E-state index is 11.8. The second-order valence-electron chi connectivity index (χ2n) is 2.95. The van der Waals surface area contributed by atoms with Gasteiger partial charge in [0.15, 0.2) is 0 Å². The van der Waals surface area contributed by atoms with Crippen LogP contribution in [-0.4, -0.2) is 28.7 Å². The van der Waals surface area contributed by atoms with Crippen LogP contribution in [-0.2, 0) is 16.6 Å². The van der Waals surface area contributed by atoms with Gasteiger partial charge >= 0.3 is 0 Å². The third-order valence-electron chi connectivity index (χ3n) is 1.77. The van der Waals surface area contributed by atoms with Gasteiger partial charge in [-0.05, 0) is 12.1 Å². The molecule has 7 nitrogen and oxygen atoms in total. The SMILES string of the molecule is O=S(=O)(Nc1nccnn1)c1ccc(CO)s1. The zero-order valence-electron chi connectivity index (χ0n) is 8.44. The number of thiophene rings is 1. The molecule has 0 aliphatic rings. The molecule has 0 fully saturated rings. The fraction of sp³-hybridized carbons (Fsp3) is 0.125. The Labute approximate surface area is 101 Å². The quantitative estimate of drug-likeness (QED) is 0.825. The Morgan fingerprint density at radius 3 is 2.76 bits per heavy atom. The van der Waals surface area contributed by atoms with Gasteiger partial charge in [-0.2, -0.15) is 5.10 Å². The minimum Gasteiger partial charge on any atom is -0.391 e. The van der Waals surface area contributed by atoms with E-state index in [1.165, 1.54) is 18.5 Å². The van der Waals surface area contributed by atoms with E-state index in [9.17, 15) is 8.42 Å².